The highest BCUT2D eigenvalue weighted by atomic mass is 32.1. The summed E-state index contributed by atoms with van der Waals surface area (Å²) in [6, 6.07) is 13.4. The average molecular weight is 509 g/mol. The summed E-state index contributed by atoms with van der Waals surface area (Å²) in [6.07, 6.45) is 1.45. The van der Waals surface area contributed by atoms with Crippen LogP contribution in [-0.2, 0) is 13.1 Å². The number of thiophene rings is 1. The van der Waals surface area contributed by atoms with Crippen molar-refractivity contribution in [2.24, 2.45) is 0 Å². The third-order valence-electron chi connectivity index (χ3n) is 5.25. The number of nitrogen functional groups attached to an aromatic ring is 1. The van der Waals surface area contributed by atoms with Crippen molar-refractivity contribution in [1.82, 2.24) is 20.3 Å². The molecule has 0 radical (unpaired) electrons. The van der Waals surface area contributed by atoms with Crippen molar-refractivity contribution in [3.63, 3.8) is 0 Å². The van der Waals surface area contributed by atoms with Gasteiger partial charge in [-0.3, -0.25) is 4.79 Å². The van der Waals surface area contributed by atoms with Gasteiger partial charge in [0.05, 0.1) is 17.6 Å². The van der Waals surface area contributed by atoms with E-state index in [1.165, 1.54) is 23.7 Å². The van der Waals surface area contributed by atoms with Crippen LogP contribution in [0.1, 0.15) is 20.1 Å². The lowest BCUT2D eigenvalue weighted by Gasteiger charge is -2.07. The van der Waals surface area contributed by atoms with Crippen molar-refractivity contribution in [3.05, 3.63) is 87.3 Å². The van der Waals surface area contributed by atoms with Crippen LogP contribution in [0.4, 0.5) is 20.4 Å². The highest BCUT2D eigenvalue weighted by Gasteiger charge is 2.15. The molecule has 3 aromatic heterocycles. The number of nitrogens with zero attached hydrogens (tertiary/aromatic N) is 3. The van der Waals surface area contributed by atoms with Gasteiger partial charge in [0.2, 0.25) is 0 Å². The summed E-state index contributed by atoms with van der Waals surface area (Å²) >= 11 is 2.81. The minimum atomic E-state index is -0.951. The molecule has 11 heteroatoms. The predicted molar refractivity (Wildman–Crippen MR) is 134 cm³/mol. The Hall–Kier alpha value is -3.96. The Morgan fingerprint density at radius 3 is 2.71 bits per heavy atom. The summed E-state index contributed by atoms with van der Waals surface area (Å²) in [5, 5.41) is 6.73. The van der Waals surface area contributed by atoms with E-state index in [0.29, 0.717) is 28.6 Å². The van der Waals surface area contributed by atoms with E-state index in [1.807, 2.05) is 30.3 Å². The standard InChI is InChI=1S/C24H18F2N6OS2/c25-17-4-1-13(7-18(17)26)9-29-24(33)21-23(32-12-34-21)28-10-15-3-6-20(35-15)14-2-5-19-16(8-14)22(27)31-11-30-19/h1-8,11-12,28H,9-10H2,(H,29,33)(H2,27,30,31). The van der Waals surface area contributed by atoms with Crippen molar-refractivity contribution in [1.29, 1.82) is 0 Å². The maximum absolute atomic E-state index is 13.4. The molecule has 0 aliphatic heterocycles. The van der Waals surface area contributed by atoms with Crippen LogP contribution in [0.5, 0.6) is 0 Å². The first-order valence-electron chi connectivity index (χ1n) is 10.5. The van der Waals surface area contributed by atoms with Crippen molar-refractivity contribution in [2.75, 3.05) is 11.1 Å². The zero-order chi connectivity index (χ0) is 24.4. The smallest absolute Gasteiger partial charge is 0.265 e. The lowest BCUT2D eigenvalue weighted by atomic mass is 10.1. The molecule has 0 saturated heterocycles. The number of fused-ring (bicyclic) bond motifs is 1. The van der Waals surface area contributed by atoms with Crippen LogP contribution in [0.15, 0.2) is 60.4 Å². The monoisotopic (exact) mass is 508 g/mol. The SMILES string of the molecule is Nc1ncnc2ccc(-c3ccc(CNc4ncsc4C(=O)NCc4ccc(F)c(F)c4)s3)cc12. The quantitative estimate of drug-likeness (QED) is 0.278. The fourth-order valence-electron chi connectivity index (χ4n) is 3.47. The first-order chi connectivity index (χ1) is 17.0. The molecule has 0 aliphatic rings. The Morgan fingerprint density at radius 2 is 1.86 bits per heavy atom. The largest absolute Gasteiger partial charge is 0.383 e. The molecule has 0 fully saturated rings. The summed E-state index contributed by atoms with van der Waals surface area (Å²) < 4.78 is 26.5. The van der Waals surface area contributed by atoms with Gasteiger partial charge >= 0.3 is 0 Å². The lowest BCUT2D eigenvalue weighted by molar-refractivity contribution is 0.0955. The maximum Gasteiger partial charge on any atom is 0.265 e. The molecular formula is C24H18F2N6OS2. The van der Waals surface area contributed by atoms with Gasteiger partial charge in [0.25, 0.3) is 5.91 Å². The van der Waals surface area contributed by atoms with Crippen LogP contribution < -0.4 is 16.4 Å². The van der Waals surface area contributed by atoms with Gasteiger partial charge in [-0.1, -0.05) is 12.1 Å². The molecule has 7 nitrogen and oxygen atoms in total. The maximum atomic E-state index is 13.4. The second-order valence-electron chi connectivity index (χ2n) is 7.57. The molecule has 0 unspecified atom stereocenters. The molecule has 0 aliphatic carbocycles. The fourth-order valence-corrected chi connectivity index (χ4v) is 5.10. The van der Waals surface area contributed by atoms with E-state index in [4.69, 9.17) is 5.73 Å². The number of hydrogen-bond acceptors (Lipinski definition) is 8. The highest BCUT2D eigenvalue weighted by molar-refractivity contribution is 7.15. The third kappa shape index (κ3) is 4.96. The van der Waals surface area contributed by atoms with Gasteiger partial charge in [-0.25, -0.2) is 23.7 Å². The number of rotatable bonds is 7. The van der Waals surface area contributed by atoms with Crippen molar-refractivity contribution in [2.45, 2.75) is 13.1 Å². The van der Waals surface area contributed by atoms with Crippen LogP contribution in [0.3, 0.4) is 0 Å². The number of halogens is 2. The molecule has 2 aromatic carbocycles. The molecule has 35 heavy (non-hydrogen) atoms. The molecule has 176 valence electrons. The molecule has 5 aromatic rings. The second kappa shape index (κ2) is 9.72. The number of amides is 1. The van der Waals surface area contributed by atoms with E-state index in [-0.39, 0.29) is 12.5 Å². The van der Waals surface area contributed by atoms with Gasteiger partial charge in [-0.05, 0) is 47.5 Å². The number of nitrogens with two attached hydrogens (primary N) is 1. The first kappa shape index (κ1) is 22.8. The number of carbonyl (C=O) groups excluding carboxylic acids is 1. The molecule has 0 saturated carbocycles. The van der Waals surface area contributed by atoms with Crippen molar-refractivity contribution in [3.8, 4) is 10.4 Å². The van der Waals surface area contributed by atoms with E-state index in [1.54, 1.807) is 16.8 Å². The molecular weight excluding hydrogens is 490 g/mol. The summed E-state index contributed by atoms with van der Waals surface area (Å²) in [7, 11) is 0. The van der Waals surface area contributed by atoms with Crippen LogP contribution in [0.2, 0.25) is 0 Å². The Bertz CT molecular complexity index is 1530. The zero-order valence-electron chi connectivity index (χ0n) is 18.1. The average Bonchev–Trinajstić information content (AvgIpc) is 3.53. The zero-order valence-corrected chi connectivity index (χ0v) is 19.7. The van der Waals surface area contributed by atoms with Gasteiger partial charge in [-0.15, -0.1) is 22.7 Å². The predicted octanol–water partition coefficient (Wildman–Crippen LogP) is 5.22. The molecule has 3 heterocycles. The van der Waals surface area contributed by atoms with Gasteiger partial charge in [0.1, 0.15) is 22.8 Å². The molecule has 1 amide bonds. The summed E-state index contributed by atoms with van der Waals surface area (Å²) in [5.41, 5.74) is 9.84. The Labute approximate surface area is 206 Å². The Kier molecular flexibility index (Phi) is 6.34. The summed E-state index contributed by atoms with van der Waals surface area (Å²) in [4.78, 5) is 27.7. The van der Waals surface area contributed by atoms with E-state index >= 15 is 0 Å². The minimum Gasteiger partial charge on any atom is -0.383 e. The number of anilines is 2. The van der Waals surface area contributed by atoms with Crippen LogP contribution in [0, 0.1) is 11.6 Å². The summed E-state index contributed by atoms with van der Waals surface area (Å²) in [6.45, 7) is 0.555. The van der Waals surface area contributed by atoms with E-state index in [0.717, 1.165) is 38.4 Å². The molecule has 0 atom stereocenters. The topological polar surface area (TPSA) is 106 Å². The minimum absolute atomic E-state index is 0.0724. The van der Waals surface area contributed by atoms with Gasteiger partial charge in [0, 0.05) is 21.7 Å². The van der Waals surface area contributed by atoms with E-state index in [2.05, 4.69) is 25.6 Å². The number of thiazole rings is 1. The number of aromatic nitrogens is 3. The molecule has 4 N–H and O–H groups in total. The fraction of sp³-hybridized carbons (Fsp3) is 0.0833. The Morgan fingerprint density at radius 1 is 0.971 bits per heavy atom. The van der Waals surface area contributed by atoms with Crippen molar-refractivity contribution >= 4 is 51.1 Å². The second-order valence-corrected chi connectivity index (χ2v) is 9.59. The van der Waals surface area contributed by atoms with Gasteiger partial charge in [-0.2, -0.15) is 0 Å². The Balaban J connectivity index is 1.24. The number of benzene rings is 2. The molecule has 5 rings (SSSR count). The summed E-state index contributed by atoms with van der Waals surface area (Å²) in [5.74, 6) is -1.32. The highest BCUT2D eigenvalue weighted by Crippen LogP contribution is 2.32. The van der Waals surface area contributed by atoms with Gasteiger partial charge < -0.3 is 16.4 Å². The van der Waals surface area contributed by atoms with Crippen LogP contribution in [0.25, 0.3) is 21.3 Å². The van der Waals surface area contributed by atoms with Crippen molar-refractivity contribution < 1.29 is 13.6 Å². The number of hydrogen-bond donors (Lipinski definition) is 3. The third-order valence-corrected chi connectivity index (χ3v) is 7.21. The number of nitrogens with one attached hydrogen (secondary N) is 2. The lowest BCUT2D eigenvalue weighted by Crippen LogP contribution is -2.23. The van der Waals surface area contributed by atoms with E-state index < -0.39 is 11.6 Å². The number of carbonyl (C=O) groups is 1. The van der Waals surface area contributed by atoms with Crippen LogP contribution in [-0.4, -0.2) is 20.9 Å². The van der Waals surface area contributed by atoms with Crippen LogP contribution >= 0.6 is 22.7 Å². The van der Waals surface area contributed by atoms with E-state index in [9.17, 15) is 13.6 Å². The normalized spacial score (nSPS) is 11.0. The van der Waals surface area contributed by atoms with Gasteiger partial charge in [0.15, 0.2) is 11.6 Å². The molecule has 0 spiro atoms. The molecule has 0 bridgehead atoms. The first-order valence-corrected chi connectivity index (χ1v) is 12.2.